The number of ether oxygens (including phenoxy) is 5. The molecule has 39 heavy (non-hydrogen) atoms. The largest absolute Gasteiger partial charge is 0.510 e. The molecule has 3 rings (SSSR count). The molecule has 0 aromatic heterocycles. The predicted octanol–water partition coefficient (Wildman–Crippen LogP) is 2.89. The van der Waals surface area contributed by atoms with Crippen molar-refractivity contribution < 1.29 is 51.4 Å². The molecule has 16 nitrogen and oxygen atoms in total. The Morgan fingerprint density at radius 1 is 1.08 bits per heavy atom. The summed E-state index contributed by atoms with van der Waals surface area (Å²) in [5, 5.41) is 5.81. The normalized spacial score (nSPS) is 22.7. The Bertz CT molecular complexity index is 1030. The fourth-order valence-electron chi connectivity index (χ4n) is 3.68. The van der Waals surface area contributed by atoms with Gasteiger partial charge in [0.15, 0.2) is 11.7 Å². The van der Waals surface area contributed by atoms with Crippen LogP contribution in [-0.2, 0) is 41.8 Å². The molecule has 3 aliphatic heterocycles. The number of rotatable bonds is 12. The van der Waals surface area contributed by atoms with Crippen LogP contribution in [-0.4, -0.2) is 86.5 Å². The fourth-order valence-corrected chi connectivity index (χ4v) is 4.61. The maximum atomic E-state index is 13.2. The van der Waals surface area contributed by atoms with Crippen LogP contribution < -0.4 is 5.73 Å². The quantitative estimate of drug-likeness (QED) is 0.203. The first-order valence-electron chi connectivity index (χ1n) is 12.2. The zero-order valence-corrected chi connectivity index (χ0v) is 23.3. The monoisotopic (exact) mass is 575 g/mol. The van der Waals surface area contributed by atoms with Gasteiger partial charge in [-0.2, -0.15) is 5.10 Å². The van der Waals surface area contributed by atoms with Crippen molar-refractivity contribution in [1.29, 1.82) is 0 Å². The fraction of sp³-hybridized carbons (Fsp3) is 0.682. The number of hydrogen-bond donors (Lipinski definition) is 1. The lowest BCUT2D eigenvalue weighted by molar-refractivity contribution is -0.0524. The number of carbonyl (C=O) groups is 2. The molecular weight excluding hydrogens is 541 g/mol. The summed E-state index contributed by atoms with van der Waals surface area (Å²) in [7, 11) is -4.39. The number of phosphoric ester groups is 1. The van der Waals surface area contributed by atoms with Crippen LogP contribution >= 0.6 is 7.82 Å². The van der Waals surface area contributed by atoms with Gasteiger partial charge in [-0.3, -0.25) is 4.52 Å². The average Bonchev–Trinajstić information content (AvgIpc) is 3.22. The standard InChI is InChI=1S/C22H34N5O11P/c1-13(2)36-21(28)31-11-34-39(30,35-12-32-22(29)37-14(3)4)33-9-17-6-15(5)18(38-17)16-7-24-20-19(23)25-10-26-27(20)8-16/h7,10,13-15,17-18H,6,8-9,11-12H2,1-5H3,(H2,23,25,26). The Hall–Kier alpha value is -3.04. The van der Waals surface area contributed by atoms with Crippen molar-refractivity contribution in [2.75, 3.05) is 26.7 Å². The molecule has 3 aliphatic rings. The highest BCUT2D eigenvalue weighted by Crippen LogP contribution is 2.50. The van der Waals surface area contributed by atoms with E-state index in [4.69, 9.17) is 43.0 Å². The van der Waals surface area contributed by atoms with Crippen molar-refractivity contribution >= 4 is 38.1 Å². The van der Waals surface area contributed by atoms with Crippen molar-refractivity contribution in [1.82, 2.24) is 5.01 Å². The van der Waals surface area contributed by atoms with E-state index in [1.807, 2.05) is 6.92 Å². The van der Waals surface area contributed by atoms with Gasteiger partial charge in [-0.1, -0.05) is 6.92 Å². The predicted molar refractivity (Wildman–Crippen MR) is 136 cm³/mol. The third-order valence-electron chi connectivity index (χ3n) is 5.26. The maximum Gasteiger partial charge on any atom is 0.510 e. The maximum absolute atomic E-state index is 13.2. The molecule has 0 spiro atoms. The van der Waals surface area contributed by atoms with Gasteiger partial charge in [0.05, 0.1) is 37.6 Å². The highest BCUT2D eigenvalue weighted by Gasteiger charge is 2.39. The Labute approximate surface area is 225 Å². The molecule has 0 amide bonds. The Morgan fingerprint density at radius 3 is 2.28 bits per heavy atom. The summed E-state index contributed by atoms with van der Waals surface area (Å²) >= 11 is 0. The molecule has 1 saturated heterocycles. The molecule has 0 bridgehead atoms. The topological polar surface area (TPSA) is 191 Å². The minimum Gasteiger partial charge on any atom is -0.432 e. The van der Waals surface area contributed by atoms with Gasteiger partial charge in [0.2, 0.25) is 13.6 Å². The van der Waals surface area contributed by atoms with E-state index in [-0.39, 0.29) is 24.5 Å². The molecule has 0 aliphatic carbocycles. The first kappa shape index (κ1) is 30.5. The Morgan fingerprint density at radius 2 is 1.69 bits per heavy atom. The zero-order valence-electron chi connectivity index (χ0n) is 22.4. The van der Waals surface area contributed by atoms with Crippen molar-refractivity contribution in [3.63, 3.8) is 0 Å². The first-order valence-corrected chi connectivity index (χ1v) is 13.7. The smallest absolute Gasteiger partial charge is 0.432 e. The molecule has 3 heterocycles. The number of fused-ring (bicyclic) bond motifs is 1. The summed E-state index contributed by atoms with van der Waals surface area (Å²) < 4.78 is 54.0. The van der Waals surface area contributed by atoms with Gasteiger partial charge in [0.1, 0.15) is 6.34 Å². The molecule has 1 fully saturated rings. The first-order chi connectivity index (χ1) is 18.5. The lowest BCUT2D eigenvalue weighted by Gasteiger charge is -2.29. The van der Waals surface area contributed by atoms with Crippen molar-refractivity contribution in [3.05, 3.63) is 11.8 Å². The van der Waals surface area contributed by atoms with Gasteiger partial charge in [0.25, 0.3) is 0 Å². The van der Waals surface area contributed by atoms with E-state index in [0.717, 1.165) is 5.57 Å². The number of carbonyl (C=O) groups excluding carboxylic acids is 2. The van der Waals surface area contributed by atoms with Crippen molar-refractivity contribution in [2.45, 2.75) is 65.5 Å². The molecule has 3 unspecified atom stereocenters. The van der Waals surface area contributed by atoms with Crippen LogP contribution in [0.1, 0.15) is 41.0 Å². The SMILES string of the molecule is CC(C)OC(=O)OCOP(=O)(OCOC(=O)OC(C)C)OCC1CC(C)C(C2=CN=C3C(N)=NC=NN3C2)O1. The van der Waals surface area contributed by atoms with E-state index in [2.05, 4.69) is 15.1 Å². The summed E-state index contributed by atoms with van der Waals surface area (Å²) in [5.41, 5.74) is 6.72. The molecule has 17 heteroatoms. The summed E-state index contributed by atoms with van der Waals surface area (Å²) in [6.45, 7) is 7.10. The van der Waals surface area contributed by atoms with E-state index >= 15 is 0 Å². The van der Waals surface area contributed by atoms with Crippen LogP contribution in [0.25, 0.3) is 0 Å². The molecule has 0 aromatic rings. The number of hydrogen-bond acceptors (Lipinski definition) is 16. The van der Waals surface area contributed by atoms with Gasteiger partial charge in [-0.05, 0) is 45.6 Å². The number of aliphatic imine (C=N–C) groups is 2. The second kappa shape index (κ2) is 13.8. The minimum atomic E-state index is -4.39. The van der Waals surface area contributed by atoms with E-state index in [1.165, 1.54) is 6.34 Å². The highest BCUT2D eigenvalue weighted by molar-refractivity contribution is 7.48. The van der Waals surface area contributed by atoms with Gasteiger partial charge in [0, 0.05) is 6.20 Å². The second-order valence-corrected chi connectivity index (χ2v) is 10.9. The Balaban J connectivity index is 1.56. The van der Waals surface area contributed by atoms with Gasteiger partial charge < -0.3 is 29.4 Å². The third kappa shape index (κ3) is 9.28. The van der Waals surface area contributed by atoms with Crippen LogP contribution in [0.4, 0.5) is 9.59 Å². The number of phosphoric acid groups is 1. The van der Waals surface area contributed by atoms with Crippen LogP contribution in [0.5, 0.6) is 0 Å². The van der Waals surface area contributed by atoms with E-state index in [9.17, 15) is 14.2 Å². The number of amidine groups is 2. The number of nitrogens with two attached hydrogens (primary N) is 1. The van der Waals surface area contributed by atoms with Crippen LogP contribution in [0.2, 0.25) is 0 Å². The van der Waals surface area contributed by atoms with E-state index < -0.39 is 52.0 Å². The van der Waals surface area contributed by atoms with Crippen molar-refractivity contribution in [3.8, 4) is 0 Å². The highest BCUT2D eigenvalue weighted by atomic mass is 31.2. The second-order valence-electron chi connectivity index (χ2n) is 9.21. The lowest BCUT2D eigenvalue weighted by atomic mass is 9.95. The minimum absolute atomic E-state index is 0.0610. The molecule has 0 aromatic carbocycles. The summed E-state index contributed by atoms with van der Waals surface area (Å²) in [6, 6.07) is 0. The van der Waals surface area contributed by atoms with Crippen LogP contribution in [0, 0.1) is 5.92 Å². The third-order valence-corrected chi connectivity index (χ3v) is 6.57. The molecule has 3 atom stereocenters. The lowest BCUT2D eigenvalue weighted by Crippen LogP contribution is -2.43. The molecular formula is C22H34N5O11P. The zero-order chi connectivity index (χ0) is 28.6. The van der Waals surface area contributed by atoms with Crippen LogP contribution in [0.15, 0.2) is 26.9 Å². The van der Waals surface area contributed by atoms with E-state index in [1.54, 1.807) is 38.9 Å². The van der Waals surface area contributed by atoms with Gasteiger partial charge in [-0.15, -0.1) is 0 Å². The Kier molecular flexibility index (Phi) is 10.8. The van der Waals surface area contributed by atoms with Gasteiger partial charge >= 0.3 is 20.1 Å². The van der Waals surface area contributed by atoms with E-state index in [0.29, 0.717) is 18.8 Å². The van der Waals surface area contributed by atoms with Gasteiger partial charge in [-0.25, -0.2) is 38.2 Å². The summed E-state index contributed by atoms with van der Waals surface area (Å²) in [5.74, 6) is 0.789. The molecule has 218 valence electrons. The summed E-state index contributed by atoms with van der Waals surface area (Å²) in [4.78, 5) is 31.5. The number of hydrazone groups is 1. The summed E-state index contributed by atoms with van der Waals surface area (Å²) in [6.07, 6.45) is -0.176. The van der Waals surface area contributed by atoms with Crippen LogP contribution in [0.3, 0.4) is 0 Å². The average molecular weight is 576 g/mol. The molecule has 2 N–H and O–H groups in total. The van der Waals surface area contributed by atoms with Crippen molar-refractivity contribution in [2.24, 2.45) is 26.7 Å². The molecule has 0 radical (unpaired) electrons. The molecule has 0 saturated carbocycles. The number of nitrogens with zero attached hydrogens (tertiary/aromatic N) is 4.